The molecule has 1 aromatic rings. The van der Waals surface area contributed by atoms with E-state index in [9.17, 15) is 14.8 Å². The van der Waals surface area contributed by atoms with Crippen LogP contribution in [0.25, 0.3) is 0 Å². The van der Waals surface area contributed by atoms with Crippen molar-refractivity contribution in [1.82, 2.24) is 15.5 Å². The molecule has 1 atom stereocenters. The van der Waals surface area contributed by atoms with E-state index in [1.165, 1.54) is 0 Å². The molecule has 0 spiro atoms. The van der Waals surface area contributed by atoms with Gasteiger partial charge in [-0.3, -0.25) is 25.6 Å². The number of aromatic nitrogens is 1. The average molecular weight is 306 g/mol. The lowest BCUT2D eigenvalue weighted by Crippen LogP contribution is -2.43. The van der Waals surface area contributed by atoms with E-state index in [2.05, 4.69) is 15.8 Å². The van der Waals surface area contributed by atoms with E-state index in [4.69, 9.17) is 0 Å². The third-order valence-electron chi connectivity index (χ3n) is 4.04. The van der Waals surface area contributed by atoms with Crippen LogP contribution in [0.15, 0.2) is 18.3 Å². The maximum atomic E-state index is 12.4. The summed E-state index contributed by atoms with van der Waals surface area (Å²) in [5, 5.41) is 9.95. The number of hydrazine groups is 1. The van der Waals surface area contributed by atoms with Gasteiger partial charge in [-0.05, 0) is 43.4 Å². The molecule has 2 amide bonds. The number of amides is 2. The van der Waals surface area contributed by atoms with Crippen molar-refractivity contribution in [2.75, 3.05) is 12.0 Å². The fraction of sp³-hybridized carbons (Fsp3) is 0.533. The number of hydrogen-bond acceptors (Lipinski definition) is 5. The predicted octanol–water partition coefficient (Wildman–Crippen LogP) is 1.49. The van der Waals surface area contributed by atoms with Crippen molar-refractivity contribution >= 4 is 18.1 Å². The Labute approximate surface area is 129 Å². The van der Waals surface area contributed by atoms with Crippen molar-refractivity contribution in [1.29, 1.82) is 0 Å². The molecule has 0 bridgehead atoms. The summed E-state index contributed by atoms with van der Waals surface area (Å²) >= 11 is 0. The van der Waals surface area contributed by atoms with Gasteiger partial charge in [-0.1, -0.05) is 12.8 Å². The Morgan fingerprint density at radius 2 is 2.27 bits per heavy atom. The highest BCUT2D eigenvalue weighted by Crippen LogP contribution is 2.31. The van der Waals surface area contributed by atoms with E-state index in [1.807, 2.05) is 19.1 Å². The SMILES string of the molecule is Cc1ccnc(NNC(=O)[C@H](CN(O)C=O)C2CCCC2)c1. The monoisotopic (exact) mass is 306 g/mol. The molecule has 120 valence electrons. The molecule has 0 aliphatic heterocycles. The second-order valence-electron chi connectivity index (χ2n) is 5.71. The molecular weight excluding hydrogens is 284 g/mol. The maximum Gasteiger partial charge on any atom is 0.243 e. The normalized spacial score (nSPS) is 16.1. The lowest BCUT2D eigenvalue weighted by molar-refractivity contribution is -0.156. The first-order chi connectivity index (χ1) is 10.6. The van der Waals surface area contributed by atoms with E-state index >= 15 is 0 Å². The van der Waals surface area contributed by atoms with Gasteiger partial charge < -0.3 is 0 Å². The number of hydroxylamine groups is 2. The first-order valence-corrected chi connectivity index (χ1v) is 7.49. The number of carbonyl (C=O) groups is 2. The summed E-state index contributed by atoms with van der Waals surface area (Å²) in [6.45, 7) is 1.94. The summed E-state index contributed by atoms with van der Waals surface area (Å²) < 4.78 is 0. The summed E-state index contributed by atoms with van der Waals surface area (Å²) in [6.07, 6.45) is 6.01. The van der Waals surface area contributed by atoms with Crippen LogP contribution in [-0.2, 0) is 9.59 Å². The molecule has 1 heterocycles. The molecular formula is C15H22N4O3. The fourth-order valence-electron chi connectivity index (χ4n) is 2.87. The number of carbonyl (C=O) groups excluding carboxylic acids is 2. The average Bonchev–Trinajstić information content (AvgIpc) is 3.04. The number of hydrogen-bond donors (Lipinski definition) is 3. The van der Waals surface area contributed by atoms with Crippen LogP contribution in [0.1, 0.15) is 31.2 Å². The third-order valence-corrected chi connectivity index (χ3v) is 4.04. The van der Waals surface area contributed by atoms with Crippen LogP contribution in [0.4, 0.5) is 5.82 Å². The van der Waals surface area contributed by atoms with Gasteiger partial charge in [0.1, 0.15) is 5.82 Å². The van der Waals surface area contributed by atoms with Gasteiger partial charge in [0.2, 0.25) is 12.3 Å². The minimum Gasteiger partial charge on any atom is -0.286 e. The topological polar surface area (TPSA) is 94.6 Å². The van der Waals surface area contributed by atoms with Gasteiger partial charge in [0.05, 0.1) is 12.5 Å². The zero-order chi connectivity index (χ0) is 15.9. The highest BCUT2D eigenvalue weighted by atomic mass is 16.5. The van der Waals surface area contributed by atoms with Gasteiger partial charge in [-0.25, -0.2) is 10.0 Å². The van der Waals surface area contributed by atoms with Crippen molar-refractivity contribution in [3.63, 3.8) is 0 Å². The van der Waals surface area contributed by atoms with E-state index in [0.29, 0.717) is 17.3 Å². The standard InChI is InChI=1S/C15H22N4O3/c1-11-6-7-16-14(8-11)17-18-15(21)13(9-19(22)10-20)12-4-2-3-5-12/h6-8,10,12-13,22H,2-5,9H2,1H3,(H,16,17)(H,18,21)/t13-/m1/s1. The Balaban J connectivity index is 1.96. The van der Waals surface area contributed by atoms with Gasteiger partial charge in [0.25, 0.3) is 0 Å². The quantitative estimate of drug-likeness (QED) is 0.403. The molecule has 1 fully saturated rings. The van der Waals surface area contributed by atoms with Crippen LogP contribution in [-0.4, -0.2) is 34.1 Å². The van der Waals surface area contributed by atoms with E-state index < -0.39 is 5.92 Å². The van der Waals surface area contributed by atoms with E-state index in [0.717, 1.165) is 31.2 Å². The molecule has 22 heavy (non-hydrogen) atoms. The Morgan fingerprint density at radius 1 is 1.55 bits per heavy atom. The molecule has 0 radical (unpaired) electrons. The minimum atomic E-state index is -0.435. The van der Waals surface area contributed by atoms with Crippen molar-refractivity contribution in [3.8, 4) is 0 Å². The summed E-state index contributed by atoms with van der Waals surface area (Å²) in [4.78, 5) is 27.1. The van der Waals surface area contributed by atoms with Crippen LogP contribution in [0, 0.1) is 18.8 Å². The smallest absolute Gasteiger partial charge is 0.243 e. The van der Waals surface area contributed by atoms with Gasteiger partial charge in [0, 0.05) is 6.20 Å². The Kier molecular flexibility index (Phi) is 5.71. The Hall–Kier alpha value is -2.15. The fourth-order valence-corrected chi connectivity index (χ4v) is 2.87. The lowest BCUT2D eigenvalue weighted by Gasteiger charge is -2.24. The van der Waals surface area contributed by atoms with Gasteiger partial charge >= 0.3 is 0 Å². The number of anilines is 1. The largest absolute Gasteiger partial charge is 0.286 e. The summed E-state index contributed by atoms with van der Waals surface area (Å²) in [7, 11) is 0. The predicted molar refractivity (Wildman–Crippen MR) is 80.7 cm³/mol. The molecule has 0 aromatic carbocycles. The van der Waals surface area contributed by atoms with Crippen LogP contribution in [0.2, 0.25) is 0 Å². The number of nitrogens with zero attached hydrogens (tertiary/aromatic N) is 2. The van der Waals surface area contributed by atoms with Gasteiger partial charge in [-0.15, -0.1) is 0 Å². The molecule has 7 heteroatoms. The Morgan fingerprint density at radius 3 is 2.91 bits per heavy atom. The van der Waals surface area contributed by atoms with Gasteiger partial charge in [0.15, 0.2) is 0 Å². The molecule has 7 nitrogen and oxygen atoms in total. The summed E-state index contributed by atoms with van der Waals surface area (Å²) in [6, 6.07) is 3.68. The molecule has 2 rings (SSSR count). The molecule has 1 saturated carbocycles. The molecule has 0 unspecified atom stereocenters. The lowest BCUT2D eigenvalue weighted by atomic mass is 9.90. The van der Waals surface area contributed by atoms with Crippen LogP contribution in [0.5, 0.6) is 0 Å². The summed E-state index contributed by atoms with van der Waals surface area (Å²) in [5.41, 5.74) is 6.44. The number of aryl methyl sites for hydroxylation is 1. The van der Waals surface area contributed by atoms with E-state index in [-0.39, 0.29) is 18.4 Å². The van der Waals surface area contributed by atoms with Crippen molar-refractivity contribution in [2.24, 2.45) is 11.8 Å². The third kappa shape index (κ3) is 4.42. The first kappa shape index (κ1) is 16.2. The van der Waals surface area contributed by atoms with Crippen molar-refractivity contribution < 1.29 is 14.8 Å². The maximum absolute atomic E-state index is 12.4. The summed E-state index contributed by atoms with van der Waals surface area (Å²) in [5.74, 6) is 0.0581. The Bertz CT molecular complexity index is 517. The number of nitrogens with one attached hydrogen (secondary N) is 2. The molecule has 1 aromatic heterocycles. The second kappa shape index (κ2) is 7.74. The van der Waals surface area contributed by atoms with Crippen LogP contribution < -0.4 is 10.9 Å². The zero-order valence-corrected chi connectivity index (χ0v) is 12.7. The highest BCUT2D eigenvalue weighted by Gasteiger charge is 2.32. The van der Waals surface area contributed by atoms with Crippen LogP contribution in [0.3, 0.4) is 0 Å². The van der Waals surface area contributed by atoms with E-state index in [1.54, 1.807) is 6.20 Å². The van der Waals surface area contributed by atoms with Crippen LogP contribution >= 0.6 is 0 Å². The minimum absolute atomic E-state index is 0.00290. The van der Waals surface area contributed by atoms with Crippen molar-refractivity contribution in [2.45, 2.75) is 32.6 Å². The molecule has 1 aliphatic rings. The number of rotatable bonds is 7. The zero-order valence-electron chi connectivity index (χ0n) is 12.7. The molecule has 1 aliphatic carbocycles. The second-order valence-corrected chi connectivity index (χ2v) is 5.71. The molecule has 3 N–H and O–H groups in total. The van der Waals surface area contributed by atoms with Gasteiger partial charge in [-0.2, -0.15) is 0 Å². The number of pyridine rings is 1. The molecule has 0 saturated heterocycles. The highest BCUT2D eigenvalue weighted by molar-refractivity contribution is 5.80. The van der Waals surface area contributed by atoms with Crippen molar-refractivity contribution in [3.05, 3.63) is 23.9 Å². The first-order valence-electron chi connectivity index (χ1n) is 7.49.